The van der Waals surface area contributed by atoms with Crippen molar-refractivity contribution in [3.63, 3.8) is 0 Å². The SMILES string of the molecule is C=C1Cc2ncc(C)nc2C(=O)N1. The summed E-state index contributed by atoms with van der Waals surface area (Å²) >= 11 is 0. The zero-order chi connectivity index (χ0) is 9.42. The maximum Gasteiger partial charge on any atom is 0.275 e. The predicted molar refractivity (Wildman–Crippen MR) is 47.1 cm³/mol. The molecule has 4 heteroatoms. The highest BCUT2D eigenvalue weighted by molar-refractivity contribution is 5.95. The van der Waals surface area contributed by atoms with Gasteiger partial charge in [-0.05, 0) is 6.92 Å². The average Bonchev–Trinajstić information content (AvgIpc) is 2.06. The normalized spacial score (nSPS) is 15.2. The van der Waals surface area contributed by atoms with Gasteiger partial charge in [-0.3, -0.25) is 9.78 Å². The molecule has 1 aromatic heterocycles. The van der Waals surface area contributed by atoms with E-state index in [1.165, 1.54) is 0 Å². The van der Waals surface area contributed by atoms with Crippen LogP contribution in [0.25, 0.3) is 0 Å². The maximum atomic E-state index is 11.4. The van der Waals surface area contributed by atoms with E-state index in [1.54, 1.807) is 6.20 Å². The third-order valence-corrected chi connectivity index (χ3v) is 1.85. The summed E-state index contributed by atoms with van der Waals surface area (Å²) < 4.78 is 0. The second-order valence-electron chi connectivity index (χ2n) is 3.04. The fraction of sp³-hybridized carbons (Fsp3) is 0.222. The Kier molecular flexibility index (Phi) is 1.62. The Morgan fingerprint density at radius 3 is 3.15 bits per heavy atom. The zero-order valence-corrected chi connectivity index (χ0v) is 7.29. The lowest BCUT2D eigenvalue weighted by atomic mass is 10.1. The first-order valence-electron chi connectivity index (χ1n) is 3.98. The first kappa shape index (κ1) is 7.91. The van der Waals surface area contributed by atoms with Crippen molar-refractivity contribution in [2.75, 3.05) is 0 Å². The van der Waals surface area contributed by atoms with Crippen LogP contribution in [0.1, 0.15) is 21.9 Å². The van der Waals surface area contributed by atoms with Crippen molar-refractivity contribution in [1.82, 2.24) is 15.3 Å². The molecular weight excluding hydrogens is 166 g/mol. The van der Waals surface area contributed by atoms with Gasteiger partial charge in [0, 0.05) is 18.3 Å². The van der Waals surface area contributed by atoms with Crippen molar-refractivity contribution < 1.29 is 4.79 Å². The van der Waals surface area contributed by atoms with Gasteiger partial charge in [-0.15, -0.1) is 0 Å². The minimum absolute atomic E-state index is 0.206. The van der Waals surface area contributed by atoms with Crippen LogP contribution in [0.3, 0.4) is 0 Å². The lowest BCUT2D eigenvalue weighted by Gasteiger charge is -2.16. The van der Waals surface area contributed by atoms with E-state index >= 15 is 0 Å². The minimum atomic E-state index is -0.206. The van der Waals surface area contributed by atoms with Gasteiger partial charge in [0.15, 0.2) is 5.69 Å². The van der Waals surface area contributed by atoms with Crippen LogP contribution < -0.4 is 5.32 Å². The molecule has 1 N–H and O–H groups in total. The van der Waals surface area contributed by atoms with Gasteiger partial charge in [-0.25, -0.2) is 4.98 Å². The van der Waals surface area contributed by atoms with Crippen molar-refractivity contribution in [2.45, 2.75) is 13.3 Å². The monoisotopic (exact) mass is 175 g/mol. The van der Waals surface area contributed by atoms with E-state index in [0.29, 0.717) is 23.5 Å². The van der Waals surface area contributed by atoms with Gasteiger partial charge in [0.05, 0.1) is 11.4 Å². The number of carbonyl (C=O) groups excluding carboxylic acids is 1. The van der Waals surface area contributed by atoms with Crippen molar-refractivity contribution >= 4 is 5.91 Å². The third-order valence-electron chi connectivity index (χ3n) is 1.85. The molecule has 1 amide bonds. The molecule has 0 atom stereocenters. The van der Waals surface area contributed by atoms with Crippen molar-refractivity contribution in [3.05, 3.63) is 35.6 Å². The lowest BCUT2D eigenvalue weighted by molar-refractivity contribution is 0.0953. The first-order valence-corrected chi connectivity index (χ1v) is 3.98. The zero-order valence-electron chi connectivity index (χ0n) is 7.29. The lowest BCUT2D eigenvalue weighted by Crippen LogP contribution is -2.31. The Labute approximate surface area is 75.7 Å². The van der Waals surface area contributed by atoms with Gasteiger partial charge >= 0.3 is 0 Å². The van der Waals surface area contributed by atoms with E-state index in [-0.39, 0.29) is 5.91 Å². The number of allylic oxidation sites excluding steroid dienone is 1. The first-order chi connectivity index (χ1) is 6.16. The Bertz CT molecular complexity index is 398. The third kappa shape index (κ3) is 1.30. The number of carbonyl (C=O) groups is 1. The number of hydrogen-bond donors (Lipinski definition) is 1. The molecule has 1 aliphatic heterocycles. The number of hydrogen-bond acceptors (Lipinski definition) is 3. The Morgan fingerprint density at radius 1 is 1.62 bits per heavy atom. The molecule has 66 valence electrons. The van der Waals surface area contributed by atoms with Crippen LogP contribution in [0.2, 0.25) is 0 Å². The maximum absolute atomic E-state index is 11.4. The summed E-state index contributed by atoms with van der Waals surface area (Å²) in [5.74, 6) is -0.206. The van der Waals surface area contributed by atoms with Crippen LogP contribution >= 0.6 is 0 Å². The highest BCUT2D eigenvalue weighted by Crippen LogP contribution is 2.13. The van der Waals surface area contributed by atoms with Crippen LogP contribution in [-0.2, 0) is 6.42 Å². The van der Waals surface area contributed by atoms with Gasteiger partial charge in [-0.1, -0.05) is 6.58 Å². The largest absolute Gasteiger partial charge is 0.325 e. The molecule has 0 unspecified atom stereocenters. The fourth-order valence-corrected chi connectivity index (χ4v) is 1.28. The molecule has 0 radical (unpaired) electrons. The molecule has 0 aromatic carbocycles. The second-order valence-corrected chi connectivity index (χ2v) is 3.04. The predicted octanol–water partition coefficient (Wildman–Crippen LogP) is 0.585. The van der Waals surface area contributed by atoms with Gasteiger partial charge in [0.25, 0.3) is 5.91 Å². The number of aromatic nitrogens is 2. The molecule has 0 saturated carbocycles. The molecular formula is C9H9N3O. The summed E-state index contributed by atoms with van der Waals surface area (Å²) in [6.07, 6.45) is 2.24. The summed E-state index contributed by atoms with van der Waals surface area (Å²) in [4.78, 5) is 19.6. The highest BCUT2D eigenvalue weighted by Gasteiger charge is 2.21. The number of aryl methyl sites for hydroxylation is 1. The Morgan fingerprint density at radius 2 is 2.38 bits per heavy atom. The smallest absolute Gasteiger partial charge is 0.275 e. The van der Waals surface area contributed by atoms with E-state index in [0.717, 1.165) is 5.69 Å². The Hall–Kier alpha value is -1.71. The van der Waals surface area contributed by atoms with Crippen molar-refractivity contribution in [3.8, 4) is 0 Å². The van der Waals surface area contributed by atoms with Gasteiger partial charge in [-0.2, -0.15) is 0 Å². The Balaban J connectivity index is 2.55. The summed E-state index contributed by atoms with van der Waals surface area (Å²) in [6, 6.07) is 0. The number of nitrogens with one attached hydrogen (secondary N) is 1. The molecule has 13 heavy (non-hydrogen) atoms. The summed E-state index contributed by atoms with van der Waals surface area (Å²) in [6.45, 7) is 5.50. The van der Waals surface area contributed by atoms with Crippen LogP contribution in [-0.4, -0.2) is 15.9 Å². The molecule has 1 aliphatic rings. The van der Waals surface area contributed by atoms with Crippen LogP contribution in [0.15, 0.2) is 18.5 Å². The van der Waals surface area contributed by atoms with Gasteiger partial charge in [0.2, 0.25) is 0 Å². The molecule has 0 saturated heterocycles. The fourth-order valence-electron chi connectivity index (χ4n) is 1.28. The summed E-state index contributed by atoms with van der Waals surface area (Å²) in [7, 11) is 0. The van der Waals surface area contributed by atoms with Gasteiger partial charge < -0.3 is 5.32 Å². The number of rotatable bonds is 0. The quantitative estimate of drug-likeness (QED) is 0.627. The molecule has 0 fully saturated rings. The van der Waals surface area contributed by atoms with E-state index < -0.39 is 0 Å². The minimum Gasteiger partial charge on any atom is -0.325 e. The molecule has 0 spiro atoms. The molecule has 0 aliphatic carbocycles. The second kappa shape index (κ2) is 2.65. The molecule has 4 nitrogen and oxygen atoms in total. The highest BCUT2D eigenvalue weighted by atomic mass is 16.2. The summed E-state index contributed by atoms with van der Waals surface area (Å²) in [5.41, 5.74) is 2.56. The standard InChI is InChI=1S/C9H9N3O/c1-5-3-7-8(9(13)12-5)11-6(2)4-10-7/h4H,1,3H2,2H3,(H,12,13). The topological polar surface area (TPSA) is 54.9 Å². The van der Waals surface area contributed by atoms with E-state index in [1.807, 2.05) is 6.92 Å². The molecule has 0 bridgehead atoms. The molecule has 1 aromatic rings. The molecule has 2 rings (SSSR count). The van der Waals surface area contributed by atoms with E-state index in [4.69, 9.17) is 0 Å². The van der Waals surface area contributed by atoms with E-state index in [2.05, 4.69) is 21.9 Å². The van der Waals surface area contributed by atoms with Crippen molar-refractivity contribution in [2.24, 2.45) is 0 Å². The summed E-state index contributed by atoms with van der Waals surface area (Å²) in [5, 5.41) is 2.63. The number of fused-ring (bicyclic) bond motifs is 1. The number of nitrogens with zero attached hydrogens (tertiary/aromatic N) is 2. The van der Waals surface area contributed by atoms with Crippen LogP contribution in [0.4, 0.5) is 0 Å². The van der Waals surface area contributed by atoms with Crippen LogP contribution in [0, 0.1) is 6.92 Å². The van der Waals surface area contributed by atoms with Gasteiger partial charge in [0.1, 0.15) is 0 Å². The van der Waals surface area contributed by atoms with Crippen molar-refractivity contribution in [1.29, 1.82) is 0 Å². The molecule has 2 heterocycles. The number of amides is 1. The van der Waals surface area contributed by atoms with E-state index in [9.17, 15) is 4.79 Å². The van der Waals surface area contributed by atoms with Crippen LogP contribution in [0.5, 0.6) is 0 Å². The average molecular weight is 175 g/mol.